The number of imidazole rings is 1. The number of aromatic nitrogens is 4. The molecule has 2 aromatic rings. The summed E-state index contributed by atoms with van der Waals surface area (Å²) in [5, 5.41) is 13.5. The van der Waals surface area contributed by atoms with Crippen LogP contribution in [0.1, 0.15) is 25.7 Å². The molecular weight excluding hydrogens is 256 g/mol. The van der Waals surface area contributed by atoms with Crippen molar-refractivity contribution in [1.82, 2.24) is 19.9 Å². The third-order valence-corrected chi connectivity index (χ3v) is 3.92. The normalized spacial score (nSPS) is 17.6. The summed E-state index contributed by atoms with van der Waals surface area (Å²) in [5.41, 5.74) is 0.823. The summed E-state index contributed by atoms with van der Waals surface area (Å²) in [4.78, 5) is 18.0. The van der Waals surface area contributed by atoms with Gasteiger partial charge in [-0.1, -0.05) is 12.8 Å². The number of H-pyrrole nitrogens is 1. The summed E-state index contributed by atoms with van der Waals surface area (Å²) < 4.78 is 0. The topological polar surface area (TPSA) is 90.0 Å². The van der Waals surface area contributed by atoms with Gasteiger partial charge in [0.15, 0.2) is 11.5 Å². The molecule has 108 valence electrons. The zero-order chi connectivity index (χ0) is 14.2. The lowest BCUT2D eigenvalue weighted by Crippen LogP contribution is -2.39. The fourth-order valence-corrected chi connectivity index (χ4v) is 2.91. The molecule has 7 heteroatoms. The molecule has 0 bridgehead atoms. The molecule has 2 heterocycles. The molecule has 0 atom stereocenters. The molecule has 20 heavy (non-hydrogen) atoms. The third-order valence-electron chi connectivity index (χ3n) is 3.92. The Labute approximate surface area is 117 Å². The minimum Gasteiger partial charge on any atom is -0.388 e. The monoisotopic (exact) mass is 276 g/mol. The van der Waals surface area contributed by atoms with Crippen molar-refractivity contribution in [3.63, 3.8) is 0 Å². The van der Waals surface area contributed by atoms with Crippen LogP contribution in [0.25, 0.3) is 11.2 Å². The number of nitrogens with one attached hydrogen (secondary N) is 2. The Balaban J connectivity index is 1.93. The van der Waals surface area contributed by atoms with Crippen LogP contribution in [0, 0.1) is 0 Å². The van der Waals surface area contributed by atoms with Crippen LogP contribution in [0.3, 0.4) is 0 Å². The van der Waals surface area contributed by atoms with Gasteiger partial charge in [0.25, 0.3) is 0 Å². The van der Waals surface area contributed by atoms with Crippen molar-refractivity contribution in [2.75, 3.05) is 30.9 Å². The number of likely N-dealkylation sites (N-methyl/N-ethyl adjacent to an activating group) is 1. The first-order chi connectivity index (χ1) is 9.61. The zero-order valence-corrected chi connectivity index (χ0v) is 11.8. The molecular formula is C13H20N6O. The van der Waals surface area contributed by atoms with Gasteiger partial charge >= 0.3 is 0 Å². The van der Waals surface area contributed by atoms with Crippen molar-refractivity contribution >= 4 is 22.9 Å². The Bertz CT molecular complexity index is 604. The average molecular weight is 276 g/mol. The fourth-order valence-electron chi connectivity index (χ4n) is 2.91. The van der Waals surface area contributed by atoms with E-state index in [2.05, 4.69) is 25.3 Å². The highest BCUT2D eigenvalue weighted by Crippen LogP contribution is 2.32. The van der Waals surface area contributed by atoms with E-state index in [9.17, 15) is 5.11 Å². The summed E-state index contributed by atoms with van der Waals surface area (Å²) in [5.74, 6) is 1.29. The molecule has 7 nitrogen and oxygen atoms in total. The van der Waals surface area contributed by atoms with E-state index in [-0.39, 0.29) is 0 Å². The van der Waals surface area contributed by atoms with Crippen molar-refractivity contribution in [3.8, 4) is 0 Å². The van der Waals surface area contributed by atoms with Crippen LogP contribution in [-0.4, -0.2) is 51.3 Å². The lowest BCUT2D eigenvalue weighted by molar-refractivity contribution is 0.0558. The second-order valence-electron chi connectivity index (χ2n) is 5.51. The molecule has 0 aromatic carbocycles. The first-order valence-electron chi connectivity index (χ1n) is 6.94. The van der Waals surface area contributed by atoms with Gasteiger partial charge in [-0.25, -0.2) is 4.98 Å². The van der Waals surface area contributed by atoms with E-state index in [1.165, 1.54) is 0 Å². The van der Waals surface area contributed by atoms with E-state index >= 15 is 0 Å². The molecule has 0 aliphatic heterocycles. The molecule has 1 aliphatic carbocycles. The number of aliphatic hydroxyl groups is 1. The second-order valence-corrected chi connectivity index (χ2v) is 5.51. The second kappa shape index (κ2) is 4.90. The van der Waals surface area contributed by atoms with Gasteiger partial charge in [0, 0.05) is 20.6 Å². The van der Waals surface area contributed by atoms with Gasteiger partial charge < -0.3 is 20.3 Å². The maximum atomic E-state index is 10.5. The summed E-state index contributed by atoms with van der Waals surface area (Å²) in [7, 11) is 3.72. The molecule has 0 saturated heterocycles. The van der Waals surface area contributed by atoms with Crippen molar-refractivity contribution in [2.24, 2.45) is 0 Å². The van der Waals surface area contributed by atoms with E-state index in [0.717, 1.165) is 37.0 Å². The minimum absolute atomic E-state index is 0.532. The van der Waals surface area contributed by atoms with Crippen LogP contribution < -0.4 is 10.2 Å². The lowest BCUT2D eigenvalue weighted by atomic mass is 10.0. The average Bonchev–Trinajstić information content (AvgIpc) is 3.05. The number of aromatic amines is 1. The highest BCUT2D eigenvalue weighted by Gasteiger charge is 2.33. The summed E-state index contributed by atoms with van der Waals surface area (Å²) in [6.45, 7) is 0.571. The van der Waals surface area contributed by atoms with Gasteiger partial charge in [0.1, 0.15) is 5.52 Å². The predicted octanol–water partition coefficient (Wildman–Crippen LogP) is 1.14. The first kappa shape index (κ1) is 13.1. The number of rotatable bonds is 4. The van der Waals surface area contributed by atoms with E-state index in [0.29, 0.717) is 18.1 Å². The Morgan fingerprint density at radius 3 is 2.85 bits per heavy atom. The van der Waals surface area contributed by atoms with Crippen LogP contribution in [0.2, 0.25) is 0 Å². The van der Waals surface area contributed by atoms with E-state index < -0.39 is 5.60 Å². The van der Waals surface area contributed by atoms with Gasteiger partial charge in [-0.05, 0) is 12.8 Å². The van der Waals surface area contributed by atoms with Crippen molar-refractivity contribution in [2.45, 2.75) is 31.3 Å². The minimum atomic E-state index is -0.605. The molecule has 1 aliphatic rings. The fraction of sp³-hybridized carbons (Fsp3) is 0.615. The van der Waals surface area contributed by atoms with Gasteiger partial charge in [-0.15, -0.1) is 0 Å². The van der Waals surface area contributed by atoms with Crippen LogP contribution in [0.4, 0.5) is 11.8 Å². The quantitative estimate of drug-likeness (QED) is 0.776. The van der Waals surface area contributed by atoms with Gasteiger partial charge in [0.2, 0.25) is 5.95 Å². The summed E-state index contributed by atoms with van der Waals surface area (Å²) >= 11 is 0. The zero-order valence-electron chi connectivity index (χ0n) is 11.8. The first-order valence-corrected chi connectivity index (χ1v) is 6.94. The van der Waals surface area contributed by atoms with Crippen molar-refractivity contribution in [1.29, 1.82) is 0 Å². The van der Waals surface area contributed by atoms with Crippen molar-refractivity contribution in [3.05, 3.63) is 6.33 Å². The van der Waals surface area contributed by atoms with Gasteiger partial charge in [0.05, 0.1) is 11.9 Å². The SMILES string of the molecule is CNc1nc(N(C)CC2(O)CCCC2)c2[nH]cnc2n1. The third kappa shape index (κ3) is 2.29. The Hall–Kier alpha value is -1.89. The largest absolute Gasteiger partial charge is 0.388 e. The van der Waals surface area contributed by atoms with Gasteiger partial charge in [-0.2, -0.15) is 9.97 Å². The number of anilines is 2. The molecule has 3 N–H and O–H groups in total. The van der Waals surface area contributed by atoms with Crippen LogP contribution in [0.5, 0.6) is 0 Å². The Morgan fingerprint density at radius 1 is 1.40 bits per heavy atom. The molecule has 2 aromatic heterocycles. The van der Waals surface area contributed by atoms with Crippen LogP contribution in [-0.2, 0) is 0 Å². The number of fused-ring (bicyclic) bond motifs is 1. The van der Waals surface area contributed by atoms with E-state index in [1.807, 2.05) is 11.9 Å². The molecule has 1 saturated carbocycles. The molecule has 0 amide bonds. The highest BCUT2D eigenvalue weighted by molar-refractivity contribution is 5.84. The summed E-state index contributed by atoms with van der Waals surface area (Å²) in [6.07, 6.45) is 5.51. The van der Waals surface area contributed by atoms with Crippen molar-refractivity contribution < 1.29 is 5.11 Å². The Kier molecular flexibility index (Phi) is 3.21. The maximum absolute atomic E-state index is 10.5. The highest BCUT2D eigenvalue weighted by atomic mass is 16.3. The van der Waals surface area contributed by atoms with Crippen LogP contribution in [0.15, 0.2) is 6.33 Å². The van der Waals surface area contributed by atoms with Gasteiger partial charge in [-0.3, -0.25) is 0 Å². The standard InChI is InChI=1S/C13H20N6O/c1-14-12-17-10-9(15-8-16-10)11(18-12)19(2)7-13(20)5-3-4-6-13/h8,20H,3-7H2,1-2H3,(H2,14,15,16,17,18). The predicted molar refractivity (Wildman–Crippen MR) is 77.9 cm³/mol. The smallest absolute Gasteiger partial charge is 0.226 e. The summed E-state index contributed by atoms with van der Waals surface area (Å²) in [6, 6.07) is 0. The maximum Gasteiger partial charge on any atom is 0.226 e. The number of nitrogens with zero attached hydrogens (tertiary/aromatic N) is 4. The lowest BCUT2D eigenvalue weighted by Gasteiger charge is -2.29. The molecule has 1 fully saturated rings. The molecule has 0 spiro atoms. The van der Waals surface area contributed by atoms with E-state index in [4.69, 9.17) is 0 Å². The molecule has 0 unspecified atom stereocenters. The number of hydrogen-bond donors (Lipinski definition) is 3. The molecule has 0 radical (unpaired) electrons. The Morgan fingerprint density at radius 2 is 2.15 bits per heavy atom. The molecule has 3 rings (SSSR count). The van der Waals surface area contributed by atoms with E-state index in [1.54, 1.807) is 13.4 Å². The number of hydrogen-bond acceptors (Lipinski definition) is 6. The van der Waals surface area contributed by atoms with Crippen LogP contribution >= 0.6 is 0 Å².